The Morgan fingerprint density at radius 1 is 0.958 bits per heavy atom. The number of ether oxygens (including phenoxy) is 1. The molecule has 2 aromatic rings. The number of hydrogen-bond acceptors (Lipinski definition) is 3. The van der Waals surface area contributed by atoms with Crippen LogP contribution < -0.4 is 9.64 Å². The number of hydrogen-bond donors (Lipinski definition) is 0. The van der Waals surface area contributed by atoms with E-state index in [0.717, 1.165) is 45.1 Å². The molecule has 1 fully saturated rings. The van der Waals surface area contributed by atoms with E-state index in [-0.39, 0.29) is 0 Å². The maximum absolute atomic E-state index is 5.76. The van der Waals surface area contributed by atoms with Crippen LogP contribution in [0.15, 0.2) is 42.5 Å². The number of para-hydroxylation sites is 1. The Kier molecular flexibility index (Phi) is 5.41. The molecule has 1 saturated heterocycles. The van der Waals surface area contributed by atoms with Gasteiger partial charge in [0.25, 0.3) is 0 Å². The summed E-state index contributed by atoms with van der Waals surface area (Å²) in [6.07, 6.45) is 0. The zero-order chi connectivity index (χ0) is 16.9. The van der Waals surface area contributed by atoms with Crippen LogP contribution in [0.4, 0.5) is 5.69 Å². The Balaban J connectivity index is 1.62. The second-order valence-corrected chi connectivity index (χ2v) is 6.59. The van der Waals surface area contributed by atoms with Crippen LogP contribution >= 0.6 is 0 Å². The summed E-state index contributed by atoms with van der Waals surface area (Å²) in [7, 11) is 0. The first-order chi connectivity index (χ1) is 11.7. The second kappa shape index (κ2) is 7.71. The van der Waals surface area contributed by atoms with Gasteiger partial charge in [-0.15, -0.1) is 0 Å². The molecule has 0 N–H and O–H groups in total. The first kappa shape index (κ1) is 16.8. The minimum absolute atomic E-state index is 0.720. The Bertz CT molecular complexity index is 675. The summed E-state index contributed by atoms with van der Waals surface area (Å²) in [4.78, 5) is 5.05. The zero-order valence-electron chi connectivity index (χ0n) is 15.1. The van der Waals surface area contributed by atoms with Crippen LogP contribution in [0.3, 0.4) is 0 Å². The van der Waals surface area contributed by atoms with Crippen molar-refractivity contribution in [2.45, 2.75) is 27.3 Å². The Morgan fingerprint density at radius 3 is 2.46 bits per heavy atom. The lowest BCUT2D eigenvalue weighted by atomic mass is 10.1. The maximum Gasteiger partial charge on any atom is 0.123 e. The predicted octanol–water partition coefficient (Wildman–Crippen LogP) is 4.02. The SMILES string of the molecule is CCOc1ccccc1CN1CCN(c2cc(C)ccc2C)CC1. The molecule has 0 bridgehead atoms. The first-order valence-corrected chi connectivity index (χ1v) is 8.92. The van der Waals surface area contributed by atoms with E-state index >= 15 is 0 Å². The number of aryl methyl sites for hydroxylation is 2. The molecule has 0 saturated carbocycles. The highest BCUT2D eigenvalue weighted by Gasteiger charge is 2.19. The van der Waals surface area contributed by atoms with Crippen molar-refractivity contribution >= 4 is 5.69 Å². The van der Waals surface area contributed by atoms with Gasteiger partial charge < -0.3 is 9.64 Å². The fraction of sp³-hybridized carbons (Fsp3) is 0.429. The topological polar surface area (TPSA) is 15.7 Å². The van der Waals surface area contributed by atoms with Crippen LogP contribution in [0.1, 0.15) is 23.6 Å². The molecule has 0 atom stereocenters. The van der Waals surface area contributed by atoms with Gasteiger partial charge in [-0.05, 0) is 44.0 Å². The van der Waals surface area contributed by atoms with Crippen LogP contribution in [0, 0.1) is 13.8 Å². The molecule has 0 radical (unpaired) electrons. The minimum Gasteiger partial charge on any atom is -0.494 e. The Hall–Kier alpha value is -2.00. The van der Waals surface area contributed by atoms with Crippen LogP contribution in [0.2, 0.25) is 0 Å². The predicted molar refractivity (Wildman–Crippen MR) is 101 cm³/mol. The van der Waals surface area contributed by atoms with E-state index < -0.39 is 0 Å². The molecule has 3 heteroatoms. The second-order valence-electron chi connectivity index (χ2n) is 6.59. The standard InChI is InChI=1S/C21H28N2O/c1-4-24-21-8-6-5-7-19(21)16-22-11-13-23(14-12-22)20-15-17(2)9-10-18(20)3/h5-10,15H,4,11-14,16H2,1-3H3. The molecule has 128 valence electrons. The van der Waals surface area contributed by atoms with Crippen molar-refractivity contribution in [2.24, 2.45) is 0 Å². The van der Waals surface area contributed by atoms with Gasteiger partial charge >= 0.3 is 0 Å². The average molecular weight is 324 g/mol. The number of piperazine rings is 1. The van der Waals surface area contributed by atoms with Gasteiger partial charge in [0.15, 0.2) is 0 Å². The van der Waals surface area contributed by atoms with Gasteiger partial charge in [-0.1, -0.05) is 30.3 Å². The molecule has 0 aromatic heterocycles. The molecule has 0 unspecified atom stereocenters. The molecule has 1 aliphatic rings. The van der Waals surface area contributed by atoms with Crippen molar-refractivity contribution in [3.8, 4) is 5.75 Å². The molecular weight excluding hydrogens is 296 g/mol. The van der Waals surface area contributed by atoms with Gasteiger partial charge in [0.05, 0.1) is 6.61 Å². The summed E-state index contributed by atoms with van der Waals surface area (Å²) in [6.45, 7) is 12.5. The first-order valence-electron chi connectivity index (χ1n) is 8.92. The van der Waals surface area contributed by atoms with E-state index in [0.29, 0.717) is 0 Å². The third-order valence-corrected chi connectivity index (χ3v) is 4.74. The van der Waals surface area contributed by atoms with Gasteiger partial charge in [0.2, 0.25) is 0 Å². The van der Waals surface area contributed by atoms with Gasteiger partial charge in [0.1, 0.15) is 5.75 Å². The summed E-state index contributed by atoms with van der Waals surface area (Å²) in [5, 5.41) is 0. The van der Waals surface area contributed by atoms with Crippen LogP contribution in [0.25, 0.3) is 0 Å². The molecule has 0 spiro atoms. The summed E-state index contributed by atoms with van der Waals surface area (Å²) in [6, 6.07) is 15.1. The van der Waals surface area contributed by atoms with E-state index in [1.807, 2.05) is 13.0 Å². The van der Waals surface area contributed by atoms with E-state index in [9.17, 15) is 0 Å². The molecule has 2 aromatic carbocycles. The molecule has 24 heavy (non-hydrogen) atoms. The molecule has 0 aliphatic carbocycles. The lowest BCUT2D eigenvalue weighted by Crippen LogP contribution is -2.46. The highest BCUT2D eigenvalue weighted by molar-refractivity contribution is 5.55. The number of benzene rings is 2. The maximum atomic E-state index is 5.76. The largest absolute Gasteiger partial charge is 0.494 e. The summed E-state index contributed by atoms with van der Waals surface area (Å²) in [5.41, 5.74) is 5.39. The van der Waals surface area contributed by atoms with Crippen molar-refractivity contribution in [1.29, 1.82) is 0 Å². The average Bonchev–Trinajstić information content (AvgIpc) is 2.60. The van der Waals surface area contributed by atoms with Crippen molar-refractivity contribution in [3.05, 3.63) is 59.2 Å². The minimum atomic E-state index is 0.720. The number of nitrogens with zero attached hydrogens (tertiary/aromatic N) is 2. The van der Waals surface area contributed by atoms with E-state index in [1.165, 1.54) is 22.4 Å². The highest BCUT2D eigenvalue weighted by atomic mass is 16.5. The summed E-state index contributed by atoms with van der Waals surface area (Å²) >= 11 is 0. The van der Waals surface area contributed by atoms with Crippen molar-refractivity contribution in [2.75, 3.05) is 37.7 Å². The lowest BCUT2D eigenvalue weighted by molar-refractivity contribution is 0.243. The molecular formula is C21H28N2O. The van der Waals surface area contributed by atoms with Crippen LogP contribution in [0.5, 0.6) is 5.75 Å². The molecule has 1 aliphatic heterocycles. The highest BCUT2D eigenvalue weighted by Crippen LogP contribution is 2.24. The Morgan fingerprint density at radius 2 is 1.71 bits per heavy atom. The Labute approximate surface area is 145 Å². The van der Waals surface area contributed by atoms with Gasteiger partial charge in [-0.3, -0.25) is 4.90 Å². The van der Waals surface area contributed by atoms with E-state index in [1.54, 1.807) is 0 Å². The third-order valence-electron chi connectivity index (χ3n) is 4.74. The zero-order valence-corrected chi connectivity index (χ0v) is 15.1. The van der Waals surface area contributed by atoms with Crippen LogP contribution in [-0.2, 0) is 6.54 Å². The summed E-state index contributed by atoms with van der Waals surface area (Å²) in [5.74, 6) is 1.02. The fourth-order valence-electron chi connectivity index (χ4n) is 3.38. The van der Waals surface area contributed by atoms with E-state index in [2.05, 4.69) is 60.0 Å². The normalized spacial score (nSPS) is 15.5. The van der Waals surface area contributed by atoms with Crippen molar-refractivity contribution < 1.29 is 4.74 Å². The van der Waals surface area contributed by atoms with Crippen molar-refractivity contribution in [3.63, 3.8) is 0 Å². The number of rotatable bonds is 5. The fourth-order valence-corrected chi connectivity index (χ4v) is 3.38. The van der Waals surface area contributed by atoms with Gasteiger partial charge in [-0.2, -0.15) is 0 Å². The third kappa shape index (κ3) is 3.90. The molecule has 1 heterocycles. The summed E-state index contributed by atoms with van der Waals surface area (Å²) < 4.78 is 5.76. The molecule has 3 rings (SSSR count). The van der Waals surface area contributed by atoms with Crippen molar-refractivity contribution in [1.82, 2.24) is 4.90 Å². The smallest absolute Gasteiger partial charge is 0.123 e. The van der Waals surface area contributed by atoms with E-state index in [4.69, 9.17) is 4.74 Å². The number of anilines is 1. The van der Waals surface area contributed by atoms with Crippen LogP contribution in [-0.4, -0.2) is 37.7 Å². The molecule has 0 amide bonds. The quantitative estimate of drug-likeness (QED) is 0.826. The van der Waals surface area contributed by atoms with Gasteiger partial charge in [0, 0.05) is 44.0 Å². The lowest BCUT2D eigenvalue weighted by Gasteiger charge is -2.37. The molecule has 3 nitrogen and oxygen atoms in total. The van der Waals surface area contributed by atoms with Gasteiger partial charge in [-0.25, -0.2) is 0 Å². The monoisotopic (exact) mass is 324 g/mol.